The zero-order valence-electron chi connectivity index (χ0n) is 20.5. The number of aromatic amines is 1. The first-order chi connectivity index (χ1) is 17.4. The first kappa shape index (κ1) is 23.4. The molecule has 0 saturated heterocycles. The summed E-state index contributed by atoms with van der Waals surface area (Å²) in [4.78, 5) is 18.5. The lowest BCUT2D eigenvalue weighted by Crippen LogP contribution is -2.07. The number of benzene rings is 3. The number of hydrogen-bond acceptors (Lipinski definition) is 6. The normalized spacial score (nSPS) is 11.2. The van der Waals surface area contributed by atoms with E-state index in [0.717, 1.165) is 45.3 Å². The highest BCUT2D eigenvalue weighted by Gasteiger charge is 2.16. The van der Waals surface area contributed by atoms with Gasteiger partial charge in [0.2, 0.25) is 0 Å². The Hall–Kier alpha value is -4.39. The van der Waals surface area contributed by atoms with E-state index in [9.17, 15) is 9.90 Å². The zero-order chi connectivity index (χ0) is 25.2. The topological polar surface area (TPSA) is 101 Å². The Morgan fingerprint density at radius 1 is 1.00 bits per heavy atom. The second-order valence-corrected chi connectivity index (χ2v) is 8.87. The Balaban J connectivity index is 1.46. The molecule has 2 aromatic heterocycles. The van der Waals surface area contributed by atoms with Crippen molar-refractivity contribution >= 4 is 10.8 Å². The maximum Gasteiger partial charge on any atom is 0.439 e. The summed E-state index contributed by atoms with van der Waals surface area (Å²) in [6, 6.07) is 19.8. The fourth-order valence-electron chi connectivity index (χ4n) is 4.67. The van der Waals surface area contributed by atoms with Crippen LogP contribution < -0.4 is 10.5 Å². The molecule has 5 rings (SSSR count). The molecule has 3 aromatic carbocycles. The van der Waals surface area contributed by atoms with Crippen LogP contribution in [0.5, 0.6) is 11.5 Å². The Kier molecular flexibility index (Phi) is 6.29. The van der Waals surface area contributed by atoms with E-state index in [-0.39, 0.29) is 12.4 Å². The van der Waals surface area contributed by atoms with Crippen molar-refractivity contribution in [2.24, 2.45) is 0 Å². The van der Waals surface area contributed by atoms with Crippen molar-refractivity contribution in [1.82, 2.24) is 15.1 Å². The number of ether oxygens (including phenoxy) is 1. The van der Waals surface area contributed by atoms with E-state index in [1.807, 2.05) is 37.3 Å². The third-order valence-electron chi connectivity index (χ3n) is 6.53. The lowest BCUT2D eigenvalue weighted by Gasteiger charge is -2.19. The van der Waals surface area contributed by atoms with Gasteiger partial charge in [-0.1, -0.05) is 48.5 Å². The van der Waals surface area contributed by atoms with Crippen molar-refractivity contribution in [2.45, 2.75) is 40.2 Å². The predicted molar refractivity (Wildman–Crippen MR) is 138 cm³/mol. The smallest absolute Gasteiger partial charge is 0.439 e. The van der Waals surface area contributed by atoms with Crippen LogP contribution in [0, 0.1) is 13.8 Å². The van der Waals surface area contributed by atoms with Gasteiger partial charge in [-0.15, -0.1) is 0 Å². The number of nitrogens with zero attached hydrogens (tertiary/aromatic N) is 2. The second kappa shape index (κ2) is 9.70. The number of aromatic nitrogens is 3. The summed E-state index contributed by atoms with van der Waals surface area (Å²) >= 11 is 0. The van der Waals surface area contributed by atoms with Gasteiger partial charge < -0.3 is 9.84 Å². The maximum atomic E-state index is 11.2. The van der Waals surface area contributed by atoms with Gasteiger partial charge in [0.25, 0.3) is 0 Å². The van der Waals surface area contributed by atoms with Crippen molar-refractivity contribution in [3.63, 3.8) is 0 Å². The lowest BCUT2D eigenvalue weighted by molar-refractivity contribution is 0.283. The number of aryl methyl sites for hydroxylation is 1. The van der Waals surface area contributed by atoms with Gasteiger partial charge in [0.05, 0.1) is 0 Å². The summed E-state index contributed by atoms with van der Waals surface area (Å²) in [5.41, 5.74) is 6.85. The number of fused-ring (bicyclic) bond motifs is 1. The van der Waals surface area contributed by atoms with Crippen LogP contribution in [-0.2, 0) is 19.4 Å². The van der Waals surface area contributed by atoms with Crippen LogP contribution in [0.3, 0.4) is 0 Å². The second-order valence-electron chi connectivity index (χ2n) is 8.87. The average Bonchev–Trinajstić information content (AvgIpc) is 3.31. The van der Waals surface area contributed by atoms with Crippen LogP contribution in [0.15, 0.2) is 70.0 Å². The van der Waals surface area contributed by atoms with E-state index in [1.165, 1.54) is 11.1 Å². The van der Waals surface area contributed by atoms with Gasteiger partial charge in [0.1, 0.15) is 23.8 Å². The summed E-state index contributed by atoms with van der Waals surface area (Å²) < 4.78 is 10.5. The summed E-state index contributed by atoms with van der Waals surface area (Å²) in [5, 5.41) is 16.5. The van der Waals surface area contributed by atoms with E-state index in [1.54, 1.807) is 6.07 Å². The van der Waals surface area contributed by atoms with Gasteiger partial charge in [-0.3, -0.25) is 9.51 Å². The summed E-state index contributed by atoms with van der Waals surface area (Å²) in [6.07, 6.45) is 1.46. The number of pyridine rings is 1. The number of rotatable bonds is 7. The minimum atomic E-state index is -0.601. The van der Waals surface area contributed by atoms with Gasteiger partial charge in [0, 0.05) is 17.7 Å². The fourth-order valence-corrected chi connectivity index (χ4v) is 4.67. The SMILES string of the molecule is CCc1c(C)c(OCc2noc(=O)[nH]2)cc(C)c1Cc1ccc(O)c(-c2ccc3ccccc3c2)n1. The highest BCUT2D eigenvalue weighted by atomic mass is 16.5. The van der Waals surface area contributed by atoms with Crippen molar-refractivity contribution < 1.29 is 14.4 Å². The molecule has 2 N–H and O–H groups in total. The van der Waals surface area contributed by atoms with Gasteiger partial charge in [-0.05, 0) is 77.6 Å². The predicted octanol–water partition coefficient (Wildman–Crippen LogP) is 5.63. The van der Waals surface area contributed by atoms with Crippen LogP contribution in [0.4, 0.5) is 0 Å². The van der Waals surface area contributed by atoms with E-state index in [2.05, 4.69) is 52.8 Å². The highest BCUT2D eigenvalue weighted by molar-refractivity contribution is 5.87. The summed E-state index contributed by atoms with van der Waals surface area (Å²) in [6.45, 7) is 6.33. The Morgan fingerprint density at radius 3 is 2.56 bits per heavy atom. The van der Waals surface area contributed by atoms with Crippen molar-refractivity contribution in [3.8, 4) is 22.8 Å². The minimum absolute atomic E-state index is 0.114. The van der Waals surface area contributed by atoms with E-state index >= 15 is 0 Å². The molecular formula is C29H27N3O4. The maximum absolute atomic E-state index is 11.2. The fraction of sp³-hybridized carbons (Fsp3) is 0.207. The third kappa shape index (κ3) is 4.60. The Bertz CT molecular complexity index is 1620. The van der Waals surface area contributed by atoms with E-state index in [0.29, 0.717) is 17.9 Å². The molecular weight excluding hydrogens is 454 g/mol. The quantitative estimate of drug-likeness (QED) is 0.312. The molecule has 0 aliphatic carbocycles. The molecule has 0 aliphatic rings. The molecule has 0 amide bonds. The molecule has 7 heteroatoms. The number of aromatic hydroxyl groups is 1. The summed E-state index contributed by atoms with van der Waals surface area (Å²) in [7, 11) is 0. The van der Waals surface area contributed by atoms with Crippen molar-refractivity contribution in [1.29, 1.82) is 0 Å². The molecule has 0 atom stereocenters. The molecule has 0 unspecified atom stereocenters. The molecule has 7 nitrogen and oxygen atoms in total. The number of hydrogen-bond donors (Lipinski definition) is 2. The number of nitrogens with one attached hydrogen (secondary N) is 1. The average molecular weight is 482 g/mol. The van der Waals surface area contributed by atoms with Crippen molar-refractivity contribution in [3.05, 3.63) is 105 Å². The lowest BCUT2D eigenvalue weighted by atomic mass is 9.91. The molecule has 0 spiro atoms. The third-order valence-corrected chi connectivity index (χ3v) is 6.53. The van der Waals surface area contributed by atoms with Crippen LogP contribution in [-0.4, -0.2) is 20.2 Å². The molecule has 5 aromatic rings. The van der Waals surface area contributed by atoms with Gasteiger partial charge in [0.15, 0.2) is 5.82 Å². The van der Waals surface area contributed by atoms with Crippen LogP contribution in [0.1, 0.15) is 40.7 Å². The van der Waals surface area contributed by atoms with E-state index in [4.69, 9.17) is 9.72 Å². The number of H-pyrrole nitrogens is 1. The monoisotopic (exact) mass is 481 g/mol. The van der Waals surface area contributed by atoms with Gasteiger partial charge in [-0.25, -0.2) is 9.78 Å². The first-order valence-corrected chi connectivity index (χ1v) is 11.9. The van der Waals surface area contributed by atoms with Crippen molar-refractivity contribution in [2.75, 3.05) is 0 Å². The Labute approximate surface area is 208 Å². The standard InChI is InChI=1S/C29H27N3O4/c1-4-23-18(3)26(35-16-27-31-29(34)36-32-27)13-17(2)24(23)15-22-11-12-25(33)28(30-22)21-10-9-19-7-5-6-8-20(19)14-21/h5-14,33H,4,15-16H2,1-3H3,(H,31,32,34). The molecule has 0 aliphatic heterocycles. The molecule has 0 bridgehead atoms. The molecule has 2 heterocycles. The van der Waals surface area contributed by atoms with Gasteiger partial charge >= 0.3 is 5.76 Å². The molecule has 0 saturated carbocycles. The van der Waals surface area contributed by atoms with Crippen LogP contribution >= 0.6 is 0 Å². The van der Waals surface area contributed by atoms with Gasteiger partial charge in [-0.2, -0.15) is 0 Å². The molecule has 0 radical (unpaired) electrons. The highest BCUT2D eigenvalue weighted by Crippen LogP contribution is 2.33. The Morgan fingerprint density at radius 2 is 1.81 bits per heavy atom. The molecule has 36 heavy (non-hydrogen) atoms. The minimum Gasteiger partial charge on any atom is -0.506 e. The first-order valence-electron chi connectivity index (χ1n) is 11.9. The zero-order valence-corrected chi connectivity index (χ0v) is 20.5. The van der Waals surface area contributed by atoms with Crippen LogP contribution in [0.25, 0.3) is 22.0 Å². The molecule has 0 fully saturated rings. The molecule has 182 valence electrons. The van der Waals surface area contributed by atoms with E-state index < -0.39 is 5.76 Å². The van der Waals surface area contributed by atoms with Crippen LogP contribution in [0.2, 0.25) is 0 Å². The summed E-state index contributed by atoms with van der Waals surface area (Å²) in [5.74, 6) is 0.643. The largest absolute Gasteiger partial charge is 0.506 e.